The zero-order chi connectivity index (χ0) is 17.5. The third-order valence-electron chi connectivity index (χ3n) is 4.22. The van der Waals surface area contributed by atoms with Gasteiger partial charge in [-0.2, -0.15) is 0 Å². The van der Waals surface area contributed by atoms with Crippen molar-refractivity contribution in [3.63, 3.8) is 0 Å². The van der Waals surface area contributed by atoms with Gasteiger partial charge in [-0.1, -0.05) is 23.2 Å². The Labute approximate surface area is 152 Å². The maximum absolute atomic E-state index is 12.3. The molecule has 0 bridgehead atoms. The lowest BCUT2D eigenvalue weighted by Crippen LogP contribution is -3.13. The van der Waals surface area contributed by atoms with Crippen LogP contribution in [0.4, 0.5) is 5.69 Å². The molecule has 1 saturated heterocycles. The van der Waals surface area contributed by atoms with E-state index in [2.05, 4.69) is 5.32 Å². The molecule has 0 spiro atoms. The number of hydrogen-bond acceptors (Lipinski definition) is 2. The van der Waals surface area contributed by atoms with Gasteiger partial charge in [0.15, 0.2) is 6.54 Å². The van der Waals surface area contributed by atoms with Crippen LogP contribution < -0.4 is 10.2 Å². The van der Waals surface area contributed by atoms with Crippen LogP contribution in [0.3, 0.4) is 0 Å². The maximum atomic E-state index is 12.3. The van der Waals surface area contributed by atoms with E-state index in [4.69, 9.17) is 23.2 Å². The first-order chi connectivity index (χ1) is 11.5. The van der Waals surface area contributed by atoms with Crippen molar-refractivity contribution in [3.05, 3.63) is 28.2 Å². The molecular weight excluding hydrogens is 349 g/mol. The predicted molar refractivity (Wildman–Crippen MR) is 96.8 cm³/mol. The van der Waals surface area contributed by atoms with E-state index in [0.29, 0.717) is 22.3 Å². The number of carbonyl (C=O) groups excluding carboxylic acids is 2. The van der Waals surface area contributed by atoms with E-state index in [1.54, 1.807) is 25.2 Å². The van der Waals surface area contributed by atoms with E-state index in [1.165, 1.54) is 35.5 Å². The number of hydrogen-bond donors (Lipinski definition) is 2. The predicted octanol–water partition coefficient (Wildman–Crippen LogP) is 1.85. The molecule has 1 aromatic carbocycles. The van der Waals surface area contributed by atoms with Crippen molar-refractivity contribution in [2.24, 2.45) is 0 Å². The molecule has 2 rings (SSSR count). The Bertz CT molecular complexity index is 587. The van der Waals surface area contributed by atoms with Crippen molar-refractivity contribution >= 4 is 40.7 Å². The van der Waals surface area contributed by atoms with Crippen LogP contribution >= 0.6 is 23.2 Å². The van der Waals surface area contributed by atoms with Crippen molar-refractivity contribution in [2.45, 2.75) is 25.7 Å². The fraction of sp³-hybridized carbons (Fsp3) is 0.529. The van der Waals surface area contributed by atoms with E-state index in [-0.39, 0.29) is 18.4 Å². The van der Waals surface area contributed by atoms with Crippen LogP contribution in [0.25, 0.3) is 0 Å². The Kier molecular flexibility index (Phi) is 7.34. The highest BCUT2D eigenvalue weighted by Gasteiger charge is 2.20. The first-order valence-corrected chi connectivity index (χ1v) is 9.03. The molecule has 0 unspecified atom stereocenters. The first-order valence-electron chi connectivity index (χ1n) is 8.28. The maximum Gasteiger partial charge on any atom is 0.277 e. The molecule has 0 aromatic heterocycles. The summed E-state index contributed by atoms with van der Waals surface area (Å²) in [7, 11) is 1.66. The Morgan fingerprint density at radius 1 is 1.12 bits per heavy atom. The second kappa shape index (κ2) is 9.25. The molecule has 5 nitrogen and oxygen atoms in total. The van der Waals surface area contributed by atoms with Crippen LogP contribution in [-0.2, 0) is 9.59 Å². The summed E-state index contributed by atoms with van der Waals surface area (Å²) in [6.07, 6.45) is 4.84. The second-order valence-corrected chi connectivity index (χ2v) is 7.08. The third-order valence-corrected chi connectivity index (χ3v) is 4.96. The van der Waals surface area contributed by atoms with E-state index < -0.39 is 0 Å². The number of halogens is 2. The zero-order valence-corrected chi connectivity index (χ0v) is 15.4. The molecule has 1 aromatic rings. The summed E-state index contributed by atoms with van der Waals surface area (Å²) < 4.78 is 0. The molecule has 132 valence electrons. The largest absolute Gasteiger partial charge is 0.332 e. The first kappa shape index (κ1) is 19.0. The minimum atomic E-state index is -0.255. The van der Waals surface area contributed by atoms with Gasteiger partial charge in [-0.25, -0.2) is 0 Å². The lowest BCUT2D eigenvalue weighted by atomic mass is 10.2. The SMILES string of the molecule is CN(CC(=O)Nc1ccc(Cl)c(Cl)c1)C(=O)C[NH+]1CCCCCC1. The van der Waals surface area contributed by atoms with Gasteiger partial charge in [-0.15, -0.1) is 0 Å². The monoisotopic (exact) mass is 372 g/mol. The number of amides is 2. The number of likely N-dealkylation sites (tertiary alicyclic amines) is 1. The molecule has 1 fully saturated rings. The van der Waals surface area contributed by atoms with Crippen LogP contribution in [0.5, 0.6) is 0 Å². The van der Waals surface area contributed by atoms with Crippen LogP contribution in [0.15, 0.2) is 18.2 Å². The molecular formula is C17H24Cl2N3O2+. The van der Waals surface area contributed by atoms with Crippen molar-refractivity contribution in [1.82, 2.24) is 4.90 Å². The number of anilines is 1. The quantitative estimate of drug-likeness (QED) is 0.828. The molecule has 2 N–H and O–H groups in total. The number of likely N-dealkylation sites (N-methyl/N-ethyl adjacent to an activating group) is 1. The lowest BCUT2D eigenvalue weighted by molar-refractivity contribution is -0.891. The highest BCUT2D eigenvalue weighted by molar-refractivity contribution is 6.42. The van der Waals surface area contributed by atoms with Crippen molar-refractivity contribution in [3.8, 4) is 0 Å². The van der Waals surface area contributed by atoms with Gasteiger partial charge in [-0.3, -0.25) is 9.59 Å². The normalized spacial score (nSPS) is 15.6. The van der Waals surface area contributed by atoms with Crippen LogP contribution in [-0.4, -0.2) is 49.9 Å². The van der Waals surface area contributed by atoms with Crippen LogP contribution in [0, 0.1) is 0 Å². The van der Waals surface area contributed by atoms with E-state index in [1.807, 2.05) is 0 Å². The van der Waals surface area contributed by atoms with Gasteiger partial charge in [0.1, 0.15) is 0 Å². The summed E-state index contributed by atoms with van der Waals surface area (Å²) in [5.74, 6) is -0.258. The standard InChI is InChI=1S/C17H23Cl2N3O2/c1-21(17(24)12-22-8-4-2-3-5-9-22)11-16(23)20-13-6-7-14(18)15(19)10-13/h6-7,10H,2-5,8-9,11-12H2,1H3,(H,20,23)/p+1. The fourth-order valence-corrected chi connectivity index (χ4v) is 3.13. The molecule has 1 aliphatic rings. The topological polar surface area (TPSA) is 53.9 Å². The number of benzene rings is 1. The molecule has 1 heterocycles. The molecule has 0 radical (unpaired) electrons. The highest BCUT2D eigenvalue weighted by atomic mass is 35.5. The molecule has 0 atom stereocenters. The van der Waals surface area contributed by atoms with Gasteiger partial charge in [-0.05, 0) is 43.9 Å². The minimum absolute atomic E-state index is 0.00353. The molecule has 7 heteroatoms. The molecule has 1 aliphatic heterocycles. The van der Waals surface area contributed by atoms with Gasteiger partial charge < -0.3 is 15.1 Å². The molecule has 2 amide bonds. The van der Waals surface area contributed by atoms with Crippen molar-refractivity contribution < 1.29 is 14.5 Å². The van der Waals surface area contributed by atoms with Crippen LogP contribution in [0.2, 0.25) is 10.0 Å². The average Bonchev–Trinajstić information content (AvgIpc) is 2.79. The second-order valence-electron chi connectivity index (χ2n) is 6.27. The molecule has 0 aliphatic carbocycles. The van der Waals surface area contributed by atoms with Gasteiger partial charge in [0.2, 0.25) is 5.91 Å². The smallest absolute Gasteiger partial charge is 0.277 e. The molecule has 24 heavy (non-hydrogen) atoms. The number of rotatable bonds is 5. The Hall–Kier alpha value is -1.30. The summed E-state index contributed by atoms with van der Waals surface area (Å²) in [5, 5.41) is 3.54. The number of quaternary nitrogens is 1. The van der Waals surface area contributed by atoms with Gasteiger partial charge in [0, 0.05) is 12.7 Å². The molecule has 0 saturated carbocycles. The van der Waals surface area contributed by atoms with E-state index in [9.17, 15) is 9.59 Å². The van der Waals surface area contributed by atoms with Gasteiger partial charge >= 0.3 is 0 Å². The van der Waals surface area contributed by atoms with Crippen molar-refractivity contribution in [2.75, 3.05) is 38.5 Å². The summed E-state index contributed by atoms with van der Waals surface area (Å²) in [6, 6.07) is 4.89. The minimum Gasteiger partial charge on any atom is -0.332 e. The van der Waals surface area contributed by atoms with E-state index in [0.717, 1.165) is 13.1 Å². The number of carbonyl (C=O) groups is 2. The van der Waals surface area contributed by atoms with Gasteiger partial charge in [0.05, 0.1) is 29.7 Å². The van der Waals surface area contributed by atoms with Gasteiger partial charge in [0.25, 0.3) is 5.91 Å². The summed E-state index contributed by atoms with van der Waals surface area (Å²) >= 11 is 11.8. The average molecular weight is 373 g/mol. The Morgan fingerprint density at radius 3 is 2.42 bits per heavy atom. The van der Waals surface area contributed by atoms with Crippen LogP contribution in [0.1, 0.15) is 25.7 Å². The van der Waals surface area contributed by atoms with E-state index >= 15 is 0 Å². The number of nitrogens with zero attached hydrogens (tertiary/aromatic N) is 1. The zero-order valence-electron chi connectivity index (χ0n) is 13.9. The summed E-state index contributed by atoms with van der Waals surface area (Å²) in [5.41, 5.74) is 0.563. The fourth-order valence-electron chi connectivity index (χ4n) is 2.83. The summed E-state index contributed by atoms with van der Waals surface area (Å²) in [4.78, 5) is 27.2. The Morgan fingerprint density at radius 2 is 1.79 bits per heavy atom. The third kappa shape index (κ3) is 5.96. The Balaban J connectivity index is 1.81. The summed E-state index contributed by atoms with van der Waals surface area (Å²) in [6.45, 7) is 2.55. The van der Waals surface area contributed by atoms with Crippen molar-refractivity contribution in [1.29, 1.82) is 0 Å². The highest BCUT2D eigenvalue weighted by Crippen LogP contribution is 2.24. The number of nitrogens with one attached hydrogen (secondary N) is 2. The lowest BCUT2D eigenvalue weighted by Gasteiger charge is -2.21.